The Morgan fingerprint density at radius 1 is 1.25 bits per heavy atom. The SMILES string of the molecule is CC1CC(NC2CCN(C)CC2C)CCO1. The molecule has 0 aliphatic carbocycles. The van der Waals surface area contributed by atoms with E-state index in [1.807, 2.05) is 0 Å². The Kier molecular flexibility index (Phi) is 4.22. The third-order valence-corrected chi connectivity index (χ3v) is 4.04. The van der Waals surface area contributed by atoms with E-state index in [1.165, 1.54) is 32.4 Å². The number of nitrogens with zero attached hydrogens (tertiary/aromatic N) is 1. The fourth-order valence-electron chi connectivity index (χ4n) is 3.05. The zero-order valence-corrected chi connectivity index (χ0v) is 10.9. The van der Waals surface area contributed by atoms with Crippen LogP contribution in [0.2, 0.25) is 0 Å². The van der Waals surface area contributed by atoms with Crippen molar-refractivity contribution < 1.29 is 4.74 Å². The molecule has 0 saturated carbocycles. The molecule has 2 aliphatic heterocycles. The van der Waals surface area contributed by atoms with Gasteiger partial charge < -0.3 is 15.0 Å². The summed E-state index contributed by atoms with van der Waals surface area (Å²) in [7, 11) is 2.23. The van der Waals surface area contributed by atoms with Gasteiger partial charge in [0.25, 0.3) is 0 Å². The van der Waals surface area contributed by atoms with Gasteiger partial charge in [-0.05, 0) is 45.7 Å². The molecular weight excluding hydrogens is 200 g/mol. The summed E-state index contributed by atoms with van der Waals surface area (Å²) in [4.78, 5) is 2.44. The summed E-state index contributed by atoms with van der Waals surface area (Å²) in [6.07, 6.45) is 4.10. The molecule has 1 N–H and O–H groups in total. The lowest BCUT2D eigenvalue weighted by Gasteiger charge is -2.39. The Balaban J connectivity index is 1.80. The molecule has 2 aliphatic rings. The topological polar surface area (TPSA) is 24.5 Å². The van der Waals surface area contributed by atoms with E-state index in [4.69, 9.17) is 4.74 Å². The number of piperidine rings is 1. The third kappa shape index (κ3) is 3.19. The van der Waals surface area contributed by atoms with Crippen LogP contribution in [0.15, 0.2) is 0 Å². The molecule has 2 heterocycles. The minimum Gasteiger partial charge on any atom is -0.378 e. The molecule has 0 amide bonds. The van der Waals surface area contributed by atoms with E-state index in [-0.39, 0.29) is 0 Å². The van der Waals surface area contributed by atoms with Crippen molar-refractivity contribution in [3.05, 3.63) is 0 Å². The minimum absolute atomic E-state index is 0.438. The van der Waals surface area contributed by atoms with Crippen molar-refractivity contribution in [1.29, 1.82) is 0 Å². The number of ether oxygens (including phenoxy) is 1. The summed E-state index contributed by atoms with van der Waals surface area (Å²) >= 11 is 0. The molecule has 0 radical (unpaired) electrons. The van der Waals surface area contributed by atoms with Crippen LogP contribution in [0.4, 0.5) is 0 Å². The second-order valence-corrected chi connectivity index (χ2v) is 5.70. The van der Waals surface area contributed by atoms with Crippen LogP contribution in [-0.2, 0) is 4.74 Å². The molecule has 2 rings (SSSR count). The van der Waals surface area contributed by atoms with Crippen molar-refractivity contribution in [3.8, 4) is 0 Å². The predicted molar refractivity (Wildman–Crippen MR) is 66.6 cm³/mol. The Labute approximate surface area is 99.5 Å². The van der Waals surface area contributed by atoms with Gasteiger partial charge in [0.1, 0.15) is 0 Å². The van der Waals surface area contributed by atoms with Crippen LogP contribution in [0, 0.1) is 5.92 Å². The van der Waals surface area contributed by atoms with Crippen LogP contribution in [0.1, 0.15) is 33.1 Å². The van der Waals surface area contributed by atoms with Crippen molar-refractivity contribution in [3.63, 3.8) is 0 Å². The highest BCUT2D eigenvalue weighted by Gasteiger charge is 2.28. The predicted octanol–water partition coefficient (Wildman–Crippen LogP) is 1.48. The second-order valence-electron chi connectivity index (χ2n) is 5.70. The van der Waals surface area contributed by atoms with Gasteiger partial charge >= 0.3 is 0 Å². The number of hydrogen-bond acceptors (Lipinski definition) is 3. The van der Waals surface area contributed by atoms with Gasteiger partial charge in [0.05, 0.1) is 6.10 Å². The van der Waals surface area contributed by atoms with Gasteiger partial charge in [-0.2, -0.15) is 0 Å². The molecule has 0 aromatic rings. The van der Waals surface area contributed by atoms with Gasteiger partial charge in [-0.3, -0.25) is 0 Å². The van der Waals surface area contributed by atoms with E-state index in [1.54, 1.807) is 0 Å². The summed E-state index contributed by atoms with van der Waals surface area (Å²) in [6.45, 7) is 7.96. The van der Waals surface area contributed by atoms with Crippen LogP contribution in [-0.4, -0.2) is 49.8 Å². The van der Waals surface area contributed by atoms with Gasteiger partial charge in [-0.1, -0.05) is 6.92 Å². The highest BCUT2D eigenvalue weighted by molar-refractivity contribution is 4.86. The summed E-state index contributed by atoms with van der Waals surface area (Å²) < 4.78 is 5.59. The van der Waals surface area contributed by atoms with Crippen molar-refractivity contribution in [2.24, 2.45) is 5.92 Å². The standard InChI is InChI=1S/C13H26N2O/c1-10-9-15(3)6-4-13(10)14-12-5-7-16-11(2)8-12/h10-14H,4-9H2,1-3H3. The molecule has 3 nitrogen and oxygen atoms in total. The first kappa shape index (κ1) is 12.3. The molecule has 16 heavy (non-hydrogen) atoms. The number of rotatable bonds is 2. The Bertz CT molecular complexity index is 222. The van der Waals surface area contributed by atoms with Crippen molar-refractivity contribution in [2.75, 3.05) is 26.7 Å². The van der Waals surface area contributed by atoms with E-state index in [2.05, 4.69) is 31.1 Å². The third-order valence-electron chi connectivity index (χ3n) is 4.04. The fraction of sp³-hybridized carbons (Fsp3) is 1.00. The number of nitrogens with one attached hydrogen (secondary N) is 1. The lowest BCUT2D eigenvalue weighted by molar-refractivity contribution is 0.00746. The molecule has 0 aromatic heterocycles. The van der Waals surface area contributed by atoms with E-state index < -0.39 is 0 Å². The maximum Gasteiger partial charge on any atom is 0.0561 e. The average Bonchev–Trinajstić information content (AvgIpc) is 2.22. The molecule has 0 spiro atoms. The monoisotopic (exact) mass is 226 g/mol. The van der Waals surface area contributed by atoms with Crippen molar-refractivity contribution >= 4 is 0 Å². The zero-order valence-electron chi connectivity index (χ0n) is 10.9. The van der Waals surface area contributed by atoms with E-state index >= 15 is 0 Å². The highest BCUT2D eigenvalue weighted by atomic mass is 16.5. The molecule has 2 saturated heterocycles. The first-order chi connectivity index (χ1) is 7.65. The van der Waals surface area contributed by atoms with Gasteiger partial charge in [0.15, 0.2) is 0 Å². The van der Waals surface area contributed by atoms with Crippen LogP contribution >= 0.6 is 0 Å². The molecule has 94 valence electrons. The fourth-order valence-corrected chi connectivity index (χ4v) is 3.05. The smallest absolute Gasteiger partial charge is 0.0561 e. The summed E-state index contributed by atoms with van der Waals surface area (Å²) in [6, 6.07) is 1.39. The lowest BCUT2D eigenvalue weighted by atomic mass is 9.92. The van der Waals surface area contributed by atoms with Crippen LogP contribution in [0.25, 0.3) is 0 Å². The van der Waals surface area contributed by atoms with Gasteiger partial charge in [0.2, 0.25) is 0 Å². The van der Waals surface area contributed by atoms with Crippen LogP contribution in [0.3, 0.4) is 0 Å². The largest absolute Gasteiger partial charge is 0.378 e. The normalized spacial score (nSPS) is 42.2. The molecular formula is C13H26N2O. The van der Waals surface area contributed by atoms with Crippen LogP contribution < -0.4 is 5.32 Å². The molecule has 2 fully saturated rings. The molecule has 4 atom stereocenters. The Morgan fingerprint density at radius 2 is 2.06 bits per heavy atom. The number of likely N-dealkylation sites (tertiary alicyclic amines) is 1. The van der Waals surface area contributed by atoms with E-state index in [9.17, 15) is 0 Å². The zero-order chi connectivity index (χ0) is 11.5. The molecule has 4 unspecified atom stereocenters. The van der Waals surface area contributed by atoms with E-state index in [0.717, 1.165) is 12.5 Å². The van der Waals surface area contributed by atoms with Gasteiger partial charge in [-0.25, -0.2) is 0 Å². The highest BCUT2D eigenvalue weighted by Crippen LogP contribution is 2.19. The summed E-state index contributed by atoms with van der Waals surface area (Å²) in [5, 5.41) is 3.85. The molecule has 0 bridgehead atoms. The van der Waals surface area contributed by atoms with Crippen molar-refractivity contribution in [2.45, 2.75) is 51.3 Å². The summed E-state index contributed by atoms with van der Waals surface area (Å²) in [5.41, 5.74) is 0. The van der Waals surface area contributed by atoms with Gasteiger partial charge in [-0.15, -0.1) is 0 Å². The number of hydrogen-bond donors (Lipinski definition) is 1. The maximum atomic E-state index is 5.59. The summed E-state index contributed by atoms with van der Waals surface area (Å²) in [5.74, 6) is 0.775. The first-order valence-electron chi connectivity index (χ1n) is 6.71. The lowest BCUT2D eigenvalue weighted by Crippen LogP contribution is -2.51. The van der Waals surface area contributed by atoms with Gasteiger partial charge in [0, 0.05) is 25.2 Å². The first-order valence-corrected chi connectivity index (χ1v) is 6.71. The molecule has 0 aromatic carbocycles. The average molecular weight is 226 g/mol. The van der Waals surface area contributed by atoms with E-state index in [0.29, 0.717) is 18.2 Å². The van der Waals surface area contributed by atoms with Crippen molar-refractivity contribution in [1.82, 2.24) is 10.2 Å². The minimum atomic E-state index is 0.438. The maximum absolute atomic E-state index is 5.59. The Morgan fingerprint density at radius 3 is 2.75 bits per heavy atom. The Hall–Kier alpha value is -0.120. The second kappa shape index (κ2) is 5.48. The van der Waals surface area contributed by atoms with Crippen LogP contribution in [0.5, 0.6) is 0 Å². The quantitative estimate of drug-likeness (QED) is 0.772. The molecule has 3 heteroatoms.